The smallest absolute Gasteiger partial charge is 0.304 e. The van der Waals surface area contributed by atoms with Crippen molar-refractivity contribution in [2.75, 3.05) is 31.5 Å². The van der Waals surface area contributed by atoms with E-state index in [-0.39, 0.29) is 12.5 Å². The largest absolute Gasteiger partial charge is 0.355 e. The van der Waals surface area contributed by atoms with Gasteiger partial charge in [0.05, 0.1) is 5.69 Å². The molecule has 0 saturated heterocycles. The number of benzene rings is 2. The number of anilines is 1. The standard InChI is InChI=1S/C20H27N3O3S/c1-17-11-13-18(14-12-17)8-7-15-21-20(24)16-23(27(25,26)22(2)3)19-9-5-4-6-10-19/h4-6,9-14H,7-8,15-16H2,1-3H3,(H,21,24). The van der Waals surface area contributed by atoms with Crippen LogP contribution in [0.1, 0.15) is 17.5 Å². The summed E-state index contributed by atoms with van der Waals surface area (Å²) in [5, 5.41) is 2.81. The van der Waals surface area contributed by atoms with E-state index in [1.165, 1.54) is 25.2 Å². The molecule has 0 bridgehead atoms. The summed E-state index contributed by atoms with van der Waals surface area (Å²) in [6.45, 7) is 2.29. The minimum atomic E-state index is -3.76. The highest BCUT2D eigenvalue weighted by Crippen LogP contribution is 2.18. The van der Waals surface area contributed by atoms with Gasteiger partial charge in [-0.1, -0.05) is 48.0 Å². The van der Waals surface area contributed by atoms with Crippen molar-refractivity contribution in [2.45, 2.75) is 19.8 Å². The van der Waals surface area contributed by atoms with Gasteiger partial charge in [-0.25, -0.2) is 4.31 Å². The summed E-state index contributed by atoms with van der Waals surface area (Å²) in [5.74, 6) is -0.326. The highest BCUT2D eigenvalue weighted by Gasteiger charge is 2.26. The molecule has 0 aromatic heterocycles. The molecular formula is C20H27N3O3S. The van der Waals surface area contributed by atoms with E-state index in [0.717, 1.165) is 21.5 Å². The molecule has 0 atom stereocenters. The lowest BCUT2D eigenvalue weighted by molar-refractivity contribution is -0.119. The van der Waals surface area contributed by atoms with Crippen molar-refractivity contribution in [1.29, 1.82) is 0 Å². The van der Waals surface area contributed by atoms with Gasteiger partial charge in [0.2, 0.25) is 5.91 Å². The molecular weight excluding hydrogens is 362 g/mol. The third kappa shape index (κ3) is 6.08. The first kappa shape index (κ1) is 20.9. The van der Waals surface area contributed by atoms with Crippen molar-refractivity contribution in [1.82, 2.24) is 9.62 Å². The van der Waals surface area contributed by atoms with Gasteiger partial charge in [0.15, 0.2) is 0 Å². The molecule has 0 saturated carbocycles. The predicted octanol–water partition coefficient (Wildman–Crippen LogP) is 2.36. The molecule has 2 rings (SSSR count). The van der Waals surface area contributed by atoms with Crippen LogP contribution in [0.2, 0.25) is 0 Å². The molecule has 0 aliphatic carbocycles. The normalized spacial score (nSPS) is 11.4. The third-order valence-corrected chi connectivity index (χ3v) is 5.98. The number of para-hydroxylation sites is 1. The fourth-order valence-corrected chi connectivity index (χ4v) is 3.62. The van der Waals surface area contributed by atoms with E-state index >= 15 is 0 Å². The Balaban J connectivity index is 1.93. The number of hydrogen-bond acceptors (Lipinski definition) is 3. The second-order valence-corrected chi connectivity index (χ2v) is 8.64. The molecule has 0 spiro atoms. The molecule has 7 heteroatoms. The van der Waals surface area contributed by atoms with E-state index in [9.17, 15) is 13.2 Å². The van der Waals surface area contributed by atoms with Gasteiger partial charge in [-0.2, -0.15) is 12.7 Å². The van der Waals surface area contributed by atoms with Gasteiger partial charge < -0.3 is 5.32 Å². The first-order valence-electron chi connectivity index (χ1n) is 8.88. The average molecular weight is 390 g/mol. The summed E-state index contributed by atoms with van der Waals surface area (Å²) in [7, 11) is -0.861. The zero-order valence-corrected chi connectivity index (χ0v) is 16.9. The first-order valence-corrected chi connectivity index (χ1v) is 10.3. The molecule has 1 amide bonds. The Bertz CT molecular complexity index is 835. The van der Waals surface area contributed by atoms with Crippen molar-refractivity contribution >= 4 is 21.8 Å². The number of nitrogens with zero attached hydrogens (tertiary/aromatic N) is 2. The molecule has 0 heterocycles. The van der Waals surface area contributed by atoms with Crippen molar-refractivity contribution in [3.63, 3.8) is 0 Å². The summed E-state index contributed by atoms with van der Waals surface area (Å²) < 4.78 is 27.4. The highest BCUT2D eigenvalue weighted by molar-refractivity contribution is 7.90. The molecule has 146 valence electrons. The number of carbonyl (C=O) groups is 1. The zero-order valence-electron chi connectivity index (χ0n) is 16.1. The number of rotatable bonds is 9. The quantitative estimate of drug-likeness (QED) is 0.670. The third-order valence-electron chi connectivity index (χ3n) is 4.16. The van der Waals surface area contributed by atoms with Gasteiger partial charge >= 0.3 is 10.2 Å². The van der Waals surface area contributed by atoms with Gasteiger partial charge in [0.25, 0.3) is 0 Å². The molecule has 2 aromatic carbocycles. The Morgan fingerprint density at radius 3 is 2.22 bits per heavy atom. The maximum Gasteiger partial charge on any atom is 0.304 e. The van der Waals surface area contributed by atoms with E-state index in [1.807, 2.05) is 6.92 Å². The van der Waals surface area contributed by atoms with Gasteiger partial charge in [-0.15, -0.1) is 0 Å². The fourth-order valence-electron chi connectivity index (χ4n) is 2.56. The molecule has 1 N–H and O–H groups in total. The second kappa shape index (κ2) is 9.53. The summed E-state index contributed by atoms with van der Waals surface area (Å²) in [6.07, 6.45) is 1.65. The topological polar surface area (TPSA) is 69.7 Å². The molecule has 0 aliphatic rings. The van der Waals surface area contributed by atoms with Crippen LogP contribution in [0.4, 0.5) is 5.69 Å². The van der Waals surface area contributed by atoms with E-state index in [0.29, 0.717) is 12.2 Å². The minimum absolute atomic E-state index is 0.255. The highest BCUT2D eigenvalue weighted by atomic mass is 32.2. The maximum absolute atomic E-state index is 12.6. The first-order chi connectivity index (χ1) is 12.8. The Labute approximate surface area is 162 Å². The lowest BCUT2D eigenvalue weighted by Crippen LogP contribution is -2.46. The number of nitrogens with one attached hydrogen (secondary N) is 1. The summed E-state index contributed by atoms with van der Waals surface area (Å²) >= 11 is 0. The van der Waals surface area contributed by atoms with Gasteiger partial charge in [-0.3, -0.25) is 4.79 Å². The van der Waals surface area contributed by atoms with Crippen LogP contribution < -0.4 is 9.62 Å². The molecule has 2 aromatic rings. The van der Waals surface area contributed by atoms with Crippen LogP contribution in [0.3, 0.4) is 0 Å². The lowest BCUT2D eigenvalue weighted by atomic mass is 10.1. The number of hydrogen-bond donors (Lipinski definition) is 1. The molecule has 0 aliphatic heterocycles. The minimum Gasteiger partial charge on any atom is -0.355 e. The van der Waals surface area contributed by atoms with Crippen molar-refractivity contribution in [3.05, 3.63) is 65.7 Å². The average Bonchev–Trinajstić information content (AvgIpc) is 2.65. The summed E-state index contributed by atoms with van der Waals surface area (Å²) in [6, 6.07) is 16.9. The fraction of sp³-hybridized carbons (Fsp3) is 0.350. The second-order valence-electron chi connectivity index (χ2n) is 6.57. The monoisotopic (exact) mass is 389 g/mol. The molecule has 6 nitrogen and oxygen atoms in total. The van der Waals surface area contributed by atoms with Crippen molar-refractivity contribution in [3.8, 4) is 0 Å². The van der Waals surface area contributed by atoms with Crippen molar-refractivity contribution in [2.24, 2.45) is 0 Å². The maximum atomic E-state index is 12.6. The van der Waals surface area contributed by atoms with Crippen LogP contribution in [0, 0.1) is 6.92 Å². The van der Waals surface area contributed by atoms with Crippen molar-refractivity contribution < 1.29 is 13.2 Å². The van der Waals surface area contributed by atoms with E-state index < -0.39 is 10.2 Å². The van der Waals surface area contributed by atoms with Crippen LogP contribution in [-0.4, -0.2) is 45.8 Å². The zero-order chi connectivity index (χ0) is 19.9. The lowest BCUT2D eigenvalue weighted by Gasteiger charge is -2.26. The number of amides is 1. The van der Waals surface area contributed by atoms with Gasteiger partial charge in [0.1, 0.15) is 6.54 Å². The Kier molecular flexibility index (Phi) is 7.38. The summed E-state index contributed by atoms with van der Waals surface area (Å²) in [5.41, 5.74) is 2.90. The van der Waals surface area contributed by atoms with Gasteiger partial charge in [0, 0.05) is 20.6 Å². The Hall–Kier alpha value is -2.38. The van der Waals surface area contributed by atoms with Crippen LogP contribution in [0.25, 0.3) is 0 Å². The van der Waals surface area contributed by atoms with Crippen LogP contribution in [-0.2, 0) is 21.4 Å². The Morgan fingerprint density at radius 2 is 1.63 bits per heavy atom. The van der Waals surface area contributed by atoms with Crippen LogP contribution in [0.5, 0.6) is 0 Å². The molecule has 0 radical (unpaired) electrons. The SMILES string of the molecule is Cc1ccc(CCCNC(=O)CN(c2ccccc2)S(=O)(=O)N(C)C)cc1. The van der Waals surface area contributed by atoms with Gasteiger partial charge in [-0.05, 0) is 37.5 Å². The predicted molar refractivity (Wildman–Crippen MR) is 109 cm³/mol. The number of carbonyl (C=O) groups excluding carboxylic acids is 1. The van der Waals surface area contributed by atoms with Crippen LogP contribution >= 0.6 is 0 Å². The summed E-state index contributed by atoms with van der Waals surface area (Å²) in [4.78, 5) is 12.3. The molecule has 27 heavy (non-hydrogen) atoms. The molecule has 0 unspecified atom stereocenters. The van der Waals surface area contributed by atoms with E-state index in [2.05, 4.69) is 29.6 Å². The number of aryl methyl sites for hydroxylation is 2. The Morgan fingerprint density at radius 1 is 1.00 bits per heavy atom. The molecule has 0 fully saturated rings. The van der Waals surface area contributed by atoms with Crippen LogP contribution in [0.15, 0.2) is 54.6 Å². The van der Waals surface area contributed by atoms with E-state index in [4.69, 9.17) is 0 Å². The van der Waals surface area contributed by atoms with E-state index in [1.54, 1.807) is 30.3 Å².